The summed E-state index contributed by atoms with van der Waals surface area (Å²) < 4.78 is 25.5. The van der Waals surface area contributed by atoms with E-state index in [2.05, 4.69) is 4.90 Å². The Hall–Kier alpha value is 0.160. The monoisotopic (exact) mass is 268 g/mol. The van der Waals surface area contributed by atoms with Crippen molar-refractivity contribution in [1.82, 2.24) is 9.21 Å². The van der Waals surface area contributed by atoms with Crippen molar-refractivity contribution in [2.75, 3.05) is 38.8 Å². The predicted molar refractivity (Wildman–Crippen MR) is 67.4 cm³/mol. The molecule has 1 rings (SSSR count). The van der Waals surface area contributed by atoms with Crippen LogP contribution in [0, 0.1) is 0 Å². The molecule has 1 saturated heterocycles. The number of nitrogens with zero attached hydrogens (tertiary/aromatic N) is 2. The van der Waals surface area contributed by atoms with E-state index in [1.807, 2.05) is 14.1 Å². The van der Waals surface area contributed by atoms with Gasteiger partial charge in [-0.25, -0.2) is 12.7 Å². The lowest BCUT2D eigenvalue weighted by Crippen LogP contribution is -2.48. The molecule has 0 saturated carbocycles. The van der Waals surface area contributed by atoms with Crippen LogP contribution in [0.4, 0.5) is 0 Å². The number of alkyl halides is 1. The van der Waals surface area contributed by atoms with E-state index in [-0.39, 0.29) is 5.75 Å². The van der Waals surface area contributed by atoms with Crippen molar-refractivity contribution < 1.29 is 8.42 Å². The van der Waals surface area contributed by atoms with Gasteiger partial charge in [0, 0.05) is 25.0 Å². The molecule has 1 aliphatic heterocycles. The Balaban J connectivity index is 2.59. The Labute approximate surface area is 104 Å². The number of halogens is 1. The van der Waals surface area contributed by atoms with Crippen LogP contribution >= 0.6 is 11.6 Å². The summed E-state index contributed by atoms with van der Waals surface area (Å²) in [5, 5.41) is 0. The van der Waals surface area contributed by atoms with Crippen LogP contribution in [0.25, 0.3) is 0 Å². The van der Waals surface area contributed by atoms with Gasteiger partial charge in [0.25, 0.3) is 0 Å². The fourth-order valence-corrected chi connectivity index (χ4v) is 3.83. The highest BCUT2D eigenvalue weighted by molar-refractivity contribution is 7.89. The Bertz CT molecular complexity index is 306. The maximum absolute atomic E-state index is 12.0. The Morgan fingerprint density at radius 1 is 1.44 bits per heavy atom. The summed E-state index contributed by atoms with van der Waals surface area (Å²) in [6, 6.07) is 0.347. The standard InChI is InChI=1S/C10H21ClN2O2S/c1-12(2)10-5-3-7-13(9-10)16(14,15)8-4-6-11/h10H,3-9H2,1-2H3. The van der Waals surface area contributed by atoms with Gasteiger partial charge in [-0.3, -0.25) is 0 Å². The third-order valence-corrected chi connectivity index (χ3v) is 5.21. The van der Waals surface area contributed by atoms with Gasteiger partial charge in [-0.1, -0.05) is 0 Å². The van der Waals surface area contributed by atoms with E-state index in [1.54, 1.807) is 4.31 Å². The second-order valence-electron chi connectivity index (χ2n) is 4.48. The van der Waals surface area contributed by atoms with Crippen LogP contribution in [0.3, 0.4) is 0 Å². The second kappa shape index (κ2) is 6.19. The first-order chi connectivity index (χ1) is 7.47. The van der Waals surface area contributed by atoms with Crippen molar-refractivity contribution in [3.63, 3.8) is 0 Å². The molecule has 16 heavy (non-hydrogen) atoms. The molecule has 0 radical (unpaired) electrons. The molecule has 4 nitrogen and oxygen atoms in total. The minimum absolute atomic E-state index is 0.177. The average Bonchev–Trinajstić information content (AvgIpc) is 2.26. The molecule has 0 N–H and O–H groups in total. The van der Waals surface area contributed by atoms with Gasteiger partial charge in [0.1, 0.15) is 0 Å². The number of hydrogen-bond donors (Lipinski definition) is 0. The molecule has 0 aliphatic carbocycles. The summed E-state index contributed by atoms with van der Waals surface area (Å²) in [6.07, 6.45) is 2.56. The van der Waals surface area contributed by atoms with E-state index in [9.17, 15) is 8.42 Å². The molecule has 0 spiro atoms. The van der Waals surface area contributed by atoms with Gasteiger partial charge >= 0.3 is 0 Å². The quantitative estimate of drug-likeness (QED) is 0.698. The topological polar surface area (TPSA) is 40.6 Å². The molecular weight excluding hydrogens is 248 g/mol. The maximum Gasteiger partial charge on any atom is 0.214 e. The normalized spacial score (nSPS) is 23.9. The SMILES string of the molecule is CN(C)C1CCCN(S(=O)(=O)CCCCl)C1. The van der Waals surface area contributed by atoms with Crippen LogP contribution in [-0.2, 0) is 10.0 Å². The molecule has 0 aromatic carbocycles. The number of rotatable bonds is 5. The Morgan fingerprint density at radius 3 is 2.69 bits per heavy atom. The first-order valence-electron chi connectivity index (χ1n) is 5.67. The van der Waals surface area contributed by atoms with Crippen LogP contribution in [0.5, 0.6) is 0 Å². The highest BCUT2D eigenvalue weighted by atomic mass is 35.5. The van der Waals surface area contributed by atoms with Crippen LogP contribution in [0.15, 0.2) is 0 Å². The fraction of sp³-hybridized carbons (Fsp3) is 1.00. The zero-order chi connectivity index (χ0) is 12.2. The number of sulfonamides is 1. The summed E-state index contributed by atoms with van der Waals surface area (Å²) in [7, 11) is 0.909. The van der Waals surface area contributed by atoms with E-state index in [1.165, 1.54) is 0 Å². The highest BCUT2D eigenvalue weighted by Gasteiger charge is 2.29. The van der Waals surface area contributed by atoms with Gasteiger partial charge in [0.05, 0.1) is 5.75 Å². The summed E-state index contributed by atoms with van der Waals surface area (Å²) >= 11 is 5.53. The largest absolute Gasteiger partial charge is 0.305 e. The number of piperidine rings is 1. The molecule has 96 valence electrons. The third kappa shape index (κ3) is 3.87. The first-order valence-corrected chi connectivity index (χ1v) is 7.82. The molecule has 0 aromatic rings. The fourth-order valence-electron chi connectivity index (χ4n) is 1.96. The molecule has 1 unspecified atom stereocenters. The van der Waals surface area contributed by atoms with E-state index >= 15 is 0 Å². The number of hydrogen-bond acceptors (Lipinski definition) is 3. The van der Waals surface area contributed by atoms with Crippen LogP contribution < -0.4 is 0 Å². The van der Waals surface area contributed by atoms with Crippen molar-refractivity contribution >= 4 is 21.6 Å². The minimum Gasteiger partial charge on any atom is -0.305 e. The lowest BCUT2D eigenvalue weighted by molar-refractivity contribution is 0.190. The van der Waals surface area contributed by atoms with Gasteiger partial charge in [-0.2, -0.15) is 0 Å². The predicted octanol–water partition coefficient (Wildman–Crippen LogP) is 0.971. The summed E-state index contributed by atoms with van der Waals surface area (Å²) in [5.41, 5.74) is 0. The van der Waals surface area contributed by atoms with Crippen molar-refractivity contribution in [3.8, 4) is 0 Å². The summed E-state index contributed by atoms with van der Waals surface area (Å²) in [5.74, 6) is 0.584. The zero-order valence-electron chi connectivity index (χ0n) is 10.0. The lowest BCUT2D eigenvalue weighted by Gasteiger charge is -2.35. The Kier molecular flexibility index (Phi) is 5.50. The molecule has 1 atom stereocenters. The van der Waals surface area contributed by atoms with Crippen LogP contribution in [0.2, 0.25) is 0 Å². The second-order valence-corrected chi connectivity index (χ2v) is 6.94. The maximum atomic E-state index is 12.0. The molecule has 1 heterocycles. The Morgan fingerprint density at radius 2 is 2.12 bits per heavy atom. The molecular formula is C10H21ClN2O2S. The van der Waals surface area contributed by atoms with Gasteiger partial charge in [0.15, 0.2) is 0 Å². The van der Waals surface area contributed by atoms with E-state index in [0.717, 1.165) is 12.8 Å². The van der Waals surface area contributed by atoms with Crippen molar-refractivity contribution in [2.45, 2.75) is 25.3 Å². The van der Waals surface area contributed by atoms with E-state index in [0.29, 0.717) is 31.4 Å². The van der Waals surface area contributed by atoms with Crippen LogP contribution in [-0.4, -0.2) is 62.5 Å². The summed E-state index contributed by atoms with van der Waals surface area (Å²) in [6.45, 7) is 1.28. The summed E-state index contributed by atoms with van der Waals surface area (Å²) in [4.78, 5) is 2.10. The van der Waals surface area contributed by atoms with Crippen LogP contribution in [0.1, 0.15) is 19.3 Å². The van der Waals surface area contributed by atoms with Gasteiger partial charge in [-0.15, -0.1) is 11.6 Å². The zero-order valence-corrected chi connectivity index (χ0v) is 11.6. The molecule has 6 heteroatoms. The van der Waals surface area contributed by atoms with Gasteiger partial charge in [0.2, 0.25) is 10.0 Å². The molecule has 1 fully saturated rings. The lowest BCUT2D eigenvalue weighted by atomic mass is 10.1. The first kappa shape index (κ1) is 14.2. The smallest absolute Gasteiger partial charge is 0.214 e. The number of likely N-dealkylation sites (N-methyl/N-ethyl adjacent to an activating group) is 1. The van der Waals surface area contributed by atoms with E-state index < -0.39 is 10.0 Å². The molecule has 0 aromatic heterocycles. The molecule has 0 bridgehead atoms. The van der Waals surface area contributed by atoms with Gasteiger partial charge in [-0.05, 0) is 33.4 Å². The van der Waals surface area contributed by atoms with Crippen molar-refractivity contribution in [1.29, 1.82) is 0 Å². The molecule has 1 aliphatic rings. The van der Waals surface area contributed by atoms with Crippen molar-refractivity contribution in [2.24, 2.45) is 0 Å². The van der Waals surface area contributed by atoms with Gasteiger partial charge < -0.3 is 4.90 Å². The van der Waals surface area contributed by atoms with Crippen molar-refractivity contribution in [3.05, 3.63) is 0 Å². The highest BCUT2D eigenvalue weighted by Crippen LogP contribution is 2.17. The minimum atomic E-state index is -3.09. The third-order valence-electron chi connectivity index (χ3n) is 3.02. The average molecular weight is 269 g/mol. The molecule has 0 amide bonds. The van der Waals surface area contributed by atoms with E-state index in [4.69, 9.17) is 11.6 Å².